The number of halogens is 2. The van der Waals surface area contributed by atoms with Gasteiger partial charge in [-0.2, -0.15) is 0 Å². The van der Waals surface area contributed by atoms with Crippen molar-refractivity contribution in [3.63, 3.8) is 0 Å². The molecule has 23 heavy (non-hydrogen) atoms. The van der Waals surface area contributed by atoms with Gasteiger partial charge in [-0.3, -0.25) is 4.79 Å². The van der Waals surface area contributed by atoms with E-state index in [1.165, 1.54) is 24.1 Å². The van der Waals surface area contributed by atoms with Crippen LogP contribution in [0.15, 0.2) is 16.6 Å². The largest absolute Gasteiger partial charge is 0.465 e. The first-order valence-corrected chi connectivity index (χ1v) is 9.39. The molecule has 126 valence electrons. The normalized spacial score (nSPS) is 18.3. The fourth-order valence-corrected chi connectivity index (χ4v) is 3.87. The second-order valence-corrected chi connectivity index (χ2v) is 8.10. The van der Waals surface area contributed by atoms with Gasteiger partial charge >= 0.3 is 5.97 Å². The molecule has 1 unspecified atom stereocenters. The average molecular weight is 426 g/mol. The Kier molecular flexibility index (Phi) is 5.34. The van der Waals surface area contributed by atoms with Crippen LogP contribution in [0.25, 0.3) is 0 Å². The van der Waals surface area contributed by atoms with Crippen molar-refractivity contribution in [2.75, 3.05) is 24.3 Å². The standard InChI is InChI=1S/C13H14BrClN2O5S/c1-22-13(19)8-3-9(14)10(15)4-11(8)17-5-7(2-12(17)18)6-23(16,20)21/h3-4,7H,2,5-6H2,1H3,(H2,16,20,21). The average Bonchev–Trinajstić information content (AvgIpc) is 2.78. The zero-order chi connectivity index (χ0) is 17.4. The number of nitrogens with two attached hydrogens (primary N) is 1. The minimum atomic E-state index is -3.69. The van der Waals surface area contributed by atoms with Gasteiger partial charge in [-0.05, 0) is 28.1 Å². The van der Waals surface area contributed by atoms with Gasteiger partial charge < -0.3 is 9.64 Å². The van der Waals surface area contributed by atoms with E-state index >= 15 is 0 Å². The smallest absolute Gasteiger partial charge is 0.340 e. The highest BCUT2D eigenvalue weighted by atomic mass is 79.9. The third-order valence-corrected chi connectivity index (χ3v) is 5.54. The second kappa shape index (κ2) is 6.76. The summed E-state index contributed by atoms with van der Waals surface area (Å²) in [5.41, 5.74) is 0.445. The Bertz CT molecular complexity index is 768. The molecule has 1 amide bonds. The summed E-state index contributed by atoms with van der Waals surface area (Å²) in [7, 11) is -2.46. The van der Waals surface area contributed by atoms with Gasteiger partial charge in [0.15, 0.2) is 0 Å². The van der Waals surface area contributed by atoms with Crippen molar-refractivity contribution < 1.29 is 22.7 Å². The van der Waals surface area contributed by atoms with Crippen molar-refractivity contribution in [1.82, 2.24) is 0 Å². The van der Waals surface area contributed by atoms with Crippen molar-refractivity contribution in [3.8, 4) is 0 Å². The van der Waals surface area contributed by atoms with E-state index in [1.807, 2.05) is 0 Å². The lowest BCUT2D eigenvalue weighted by Gasteiger charge is -2.20. The minimum Gasteiger partial charge on any atom is -0.465 e. The predicted molar refractivity (Wildman–Crippen MR) is 88.9 cm³/mol. The summed E-state index contributed by atoms with van der Waals surface area (Å²) in [6.45, 7) is 0.136. The minimum absolute atomic E-state index is 0.0325. The molecule has 0 aliphatic carbocycles. The number of amides is 1. The van der Waals surface area contributed by atoms with Gasteiger partial charge in [-0.15, -0.1) is 0 Å². The summed E-state index contributed by atoms with van der Waals surface area (Å²) >= 11 is 9.26. The maximum atomic E-state index is 12.2. The zero-order valence-corrected chi connectivity index (χ0v) is 15.2. The summed E-state index contributed by atoms with van der Waals surface area (Å²) in [6, 6.07) is 2.93. The Morgan fingerprint density at radius 3 is 2.74 bits per heavy atom. The number of nitrogens with zero attached hydrogens (tertiary/aromatic N) is 1. The molecule has 1 saturated heterocycles. The molecule has 0 aromatic heterocycles. The van der Waals surface area contributed by atoms with Gasteiger partial charge in [0.1, 0.15) is 0 Å². The van der Waals surface area contributed by atoms with E-state index in [0.717, 1.165) is 0 Å². The number of benzene rings is 1. The number of esters is 1. The van der Waals surface area contributed by atoms with Gasteiger partial charge in [-0.1, -0.05) is 11.6 Å². The SMILES string of the molecule is COC(=O)c1cc(Br)c(Cl)cc1N1CC(CS(N)(=O)=O)CC1=O. The zero-order valence-electron chi connectivity index (χ0n) is 12.1. The van der Waals surface area contributed by atoms with E-state index < -0.39 is 21.9 Å². The fourth-order valence-electron chi connectivity index (χ4n) is 2.49. The molecule has 1 heterocycles. The molecule has 10 heteroatoms. The van der Waals surface area contributed by atoms with Gasteiger partial charge in [0, 0.05) is 23.4 Å². The van der Waals surface area contributed by atoms with E-state index in [2.05, 4.69) is 15.9 Å². The number of hydrogen-bond donors (Lipinski definition) is 1. The molecule has 2 rings (SSSR count). The topological polar surface area (TPSA) is 107 Å². The number of methoxy groups -OCH3 is 1. The fraction of sp³-hybridized carbons (Fsp3) is 0.385. The first-order valence-electron chi connectivity index (χ1n) is 6.50. The monoisotopic (exact) mass is 424 g/mol. The molecule has 0 bridgehead atoms. The number of primary sulfonamides is 1. The molecule has 1 aromatic carbocycles. The Morgan fingerprint density at radius 2 is 2.17 bits per heavy atom. The summed E-state index contributed by atoms with van der Waals surface area (Å²) in [5.74, 6) is -1.67. The number of anilines is 1. The highest BCUT2D eigenvalue weighted by molar-refractivity contribution is 9.10. The van der Waals surface area contributed by atoms with Crippen LogP contribution >= 0.6 is 27.5 Å². The summed E-state index contributed by atoms with van der Waals surface area (Å²) in [4.78, 5) is 25.5. The molecule has 2 N–H and O–H groups in total. The highest BCUT2D eigenvalue weighted by Gasteiger charge is 2.35. The number of rotatable bonds is 4. The molecule has 0 spiro atoms. The summed E-state index contributed by atoms with van der Waals surface area (Å²) in [5, 5.41) is 5.34. The van der Waals surface area contributed by atoms with Crippen LogP contribution in [0.2, 0.25) is 5.02 Å². The van der Waals surface area contributed by atoms with Crippen LogP contribution in [-0.4, -0.2) is 39.7 Å². The van der Waals surface area contributed by atoms with Gasteiger partial charge in [0.25, 0.3) is 0 Å². The second-order valence-electron chi connectivity index (χ2n) is 5.18. The van der Waals surface area contributed by atoms with Gasteiger partial charge in [0.05, 0.1) is 29.1 Å². The van der Waals surface area contributed by atoms with Crippen molar-refractivity contribution in [2.45, 2.75) is 6.42 Å². The highest BCUT2D eigenvalue weighted by Crippen LogP contribution is 2.35. The number of carbonyl (C=O) groups excluding carboxylic acids is 2. The van der Waals surface area contributed by atoms with Crippen molar-refractivity contribution in [3.05, 3.63) is 27.2 Å². The van der Waals surface area contributed by atoms with E-state index in [4.69, 9.17) is 21.5 Å². The molecule has 1 atom stereocenters. The Labute approximate surface area is 146 Å². The van der Waals surface area contributed by atoms with Crippen LogP contribution in [0.4, 0.5) is 5.69 Å². The van der Waals surface area contributed by atoms with Crippen LogP contribution < -0.4 is 10.0 Å². The molecule has 1 aliphatic heterocycles. The van der Waals surface area contributed by atoms with E-state index in [-0.39, 0.29) is 35.9 Å². The van der Waals surface area contributed by atoms with Crippen LogP contribution in [0.5, 0.6) is 0 Å². The number of ether oxygens (including phenoxy) is 1. The molecular weight excluding hydrogens is 412 g/mol. The molecule has 0 radical (unpaired) electrons. The van der Waals surface area contributed by atoms with Gasteiger partial charge in [0.2, 0.25) is 15.9 Å². The summed E-state index contributed by atoms with van der Waals surface area (Å²) in [6.07, 6.45) is 0.0325. The number of hydrogen-bond acceptors (Lipinski definition) is 5. The molecule has 0 saturated carbocycles. The Morgan fingerprint density at radius 1 is 1.52 bits per heavy atom. The Balaban J connectivity index is 2.40. The van der Waals surface area contributed by atoms with Crippen LogP contribution in [0.1, 0.15) is 16.8 Å². The lowest BCUT2D eigenvalue weighted by Crippen LogP contribution is -2.29. The van der Waals surface area contributed by atoms with Crippen molar-refractivity contribution >= 4 is 55.1 Å². The predicted octanol–water partition coefficient (Wildman–Crippen LogP) is 1.53. The first kappa shape index (κ1) is 18.2. The molecule has 1 aromatic rings. The van der Waals surface area contributed by atoms with Crippen LogP contribution in [-0.2, 0) is 19.6 Å². The number of sulfonamides is 1. The van der Waals surface area contributed by atoms with E-state index in [9.17, 15) is 18.0 Å². The first-order chi connectivity index (χ1) is 10.6. The lowest BCUT2D eigenvalue weighted by atomic mass is 10.1. The third kappa shape index (κ3) is 4.23. The molecule has 7 nitrogen and oxygen atoms in total. The molecular formula is C13H14BrClN2O5S. The number of carbonyl (C=O) groups is 2. The van der Waals surface area contributed by atoms with E-state index in [1.54, 1.807) is 0 Å². The van der Waals surface area contributed by atoms with Crippen molar-refractivity contribution in [1.29, 1.82) is 0 Å². The van der Waals surface area contributed by atoms with Gasteiger partial charge in [-0.25, -0.2) is 18.4 Å². The van der Waals surface area contributed by atoms with Crippen LogP contribution in [0, 0.1) is 5.92 Å². The lowest BCUT2D eigenvalue weighted by molar-refractivity contribution is -0.117. The van der Waals surface area contributed by atoms with Crippen LogP contribution in [0.3, 0.4) is 0 Å². The maximum Gasteiger partial charge on any atom is 0.340 e. The molecule has 1 fully saturated rings. The Hall–Kier alpha value is -1.16. The molecule has 1 aliphatic rings. The third-order valence-electron chi connectivity index (χ3n) is 3.41. The quantitative estimate of drug-likeness (QED) is 0.736. The van der Waals surface area contributed by atoms with Crippen molar-refractivity contribution in [2.24, 2.45) is 11.1 Å². The summed E-state index contributed by atoms with van der Waals surface area (Å²) < 4.78 is 27.6. The maximum absolute atomic E-state index is 12.2. The van der Waals surface area contributed by atoms with E-state index in [0.29, 0.717) is 9.50 Å².